The predicted molar refractivity (Wildman–Crippen MR) is 180 cm³/mol. The maximum absolute atomic E-state index is 13.5. The van der Waals surface area contributed by atoms with Gasteiger partial charge in [-0.15, -0.1) is 0 Å². The lowest BCUT2D eigenvalue weighted by Crippen LogP contribution is -2.37. The van der Waals surface area contributed by atoms with Crippen molar-refractivity contribution in [3.8, 4) is 17.1 Å². The number of hydrogen-bond acceptors (Lipinski definition) is 10. The molecule has 13 heteroatoms. The van der Waals surface area contributed by atoms with Crippen molar-refractivity contribution in [1.29, 1.82) is 0 Å². The topological polar surface area (TPSA) is 108 Å². The lowest BCUT2D eigenvalue weighted by atomic mass is 10.1. The Kier molecular flexibility index (Phi) is 10.3. The summed E-state index contributed by atoms with van der Waals surface area (Å²) in [5.41, 5.74) is 1.86. The van der Waals surface area contributed by atoms with Gasteiger partial charge in [0.25, 0.3) is 0 Å². The van der Waals surface area contributed by atoms with E-state index in [2.05, 4.69) is 20.2 Å². The van der Waals surface area contributed by atoms with Gasteiger partial charge < -0.3 is 19.2 Å². The molecule has 0 bridgehead atoms. The third-order valence-corrected chi connectivity index (χ3v) is 7.19. The first-order valence-electron chi connectivity index (χ1n) is 15.4. The summed E-state index contributed by atoms with van der Waals surface area (Å²) in [4.78, 5) is 27.4. The number of fused-ring (bicyclic) bond motifs is 1. The number of carbonyl (C=O) groups is 1. The average molecular weight is 683 g/mol. The fraction of sp³-hybridized carbons (Fsp3) is 0.265. The lowest BCUT2D eigenvalue weighted by molar-refractivity contribution is -0.160. The largest absolute Gasteiger partial charge is 0.487 e. The molecular formula is C34H34ClFN4O6S. The minimum absolute atomic E-state index is 0.159. The molecule has 0 unspecified atom stereocenters. The predicted octanol–water partition coefficient (Wildman–Crippen LogP) is 8.97. The van der Waals surface area contributed by atoms with E-state index in [4.69, 9.17) is 32.6 Å². The monoisotopic (exact) mass is 682 g/mol. The summed E-state index contributed by atoms with van der Waals surface area (Å²) in [5, 5.41) is 4.34. The maximum Gasteiger partial charge on any atom is 0.410 e. The molecule has 1 amide bonds. The highest BCUT2D eigenvalue weighted by molar-refractivity contribution is 7.94. The number of amides is 1. The van der Waals surface area contributed by atoms with Crippen LogP contribution >= 0.6 is 23.6 Å². The van der Waals surface area contributed by atoms with Gasteiger partial charge in [0.05, 0.1) is 26.9 Å². The maximum atomic E-state index is 13.5. The highest BCUT2D eigenvalue weighted by atomic mass is 35.5. The molecule has 0 saturated heterocycles. The van der Waals surface area contributed by atoms with Crippen LogP contribution in [-0.4, -0.2) is 45.9 Å². The molecule has 0 fully saturated rings. The van der Waals surface area contributed by atoms with Gasteiger partial charge in [-0.25, -0.2) is 24.0 Å². The quantitative estimate of drug-likeness (QED) is 0.0559. The summed E-state index contributed by atoms with van der Waals surface area (Å²) in [5.74, 6) is 1.19. The molecular weight excluding hydrogens is 647 g/mol. The fourth-order valence-electron chi connectivity index (χ4n) is 4.38. The minimum Gasteiger partial charge on any atom is -0.487 e. The van der Waals surface area contributed by atoms with Crippen molar-refractivity contribution in [3.63, 3.8) is 0 Å². The van der Waals surface area contributed by atoms with E-state index in [0.29, 0.717) is 55.8 Å². The van der Waals surface area contributed by atoms with Gasteiger partial charge in [0.1, 0.15) is 47.4 Å². The number of furan rings is 1. The molecule has 0 radical (unpaired) electrons. The molecule has 0 atom stereocenters. The highest BCUT2D eigenvalue weighted by Gasteiger charge is 2.23. The molecule has 3 aromatic carbocycles. The fourth-order valence-corrected chi connectivity index (χ4v) is 4.97. The lowest BCUT2D eigenvalue weighted by Gasteiger charge is -2.26. The zero-order valence-corrected chi connectivity index (χ0v) is 27.7. The number of nitrogens with one attached hydrogen (secondary N) is 1. The Balaban J connectivity index is 1.34. The Morgan fingerprint density at radius 3 is 2.72 bits per heavy atom. The van der Waals surface area contributed by atoms with Gasteiger partial charge in [-0.2, -0.15) is 4.33 Å². The molecule has 0 aliphatic carbocycles. The molecule has 5 aromatic rings. The second-order valence-electron chi connectivity index (χ2n) is 11.1. The first-order chi connectivity index (χ1) is 23.3. The van der Waals surface area contributed by atoms with E-state index in [9.17, 15) is 9.18 Å². The van der Waals surface area contributed by atoms with Crippen LogP contribution in [-0.2, 0) is 27.1 Å². The van der Waals surface area contributed by atoms with Crippen molar-refractivity contribution < 1.29 is 35.0 Å². The van der Waals surface area contributed by atoms with E-state index in [1.807, 2.05) is 18.2 Å². The number of benzene rings is 3. The number of nitrogens with zero attached hydrogens (tertiary/aromatic N) is 3. The Hall–Kier alpha value is -4.36. The second kappa shape index (κ2) is 15.5. The van der Waals surface area contributed by atoms with E-state index in [1.165, 1.54) is 25.6 Å². The van der Waals surface area contributed by atoms with Gasteiger partial charge in [0.2, 0.25) is 0 Å². The van der Waals surface area contributed by atoms with Crippen LogP contribution in [0.15, 0.2) is 83.5 Å². The Bertz CT molecular complexity index is 1930. The van der Waals surface area contributed by atoms with Crippen LogP contribution in [0.1, 0.15) is 34.8 Å². The number of aromatic nitrogens is 2. The average Bonchev–Trinajstić information content (AvgIpc) is 3.51. The van der Waals surface area contributed by atoms with Gasteiger partial charge >= 0.3 is 6.09 Å². The van der Waals surface area contributed by atoms with Crippen molar-refractivity contribution in [2.75, 3.05) is 24.7 Å². The van der Waals surface area contributed by atoms with Crippen LogP contribution in [0, 0.1) is 5.82 Å². The molecule has 0 spiro atoms. The normalized spacial score (nSPS) is 12.4. The van der Waals surface area contributed by atoms with Crippen LogP contribution in [0.3, 0.4) is 0 Å². The van der Waals surface area contributed by atoms with Crippen molar-refractivity contribution >= 4 is 52.1 Å². The van der Waals surface area contributed by atoms with E-state index in [-0.39, 0.29) is 24.7 Å². The van der Waals surface area contributed by atoms with Crippen LogP contribution in [0.4, 0.5) is 20.7 Å². The SMILES string of the molecule is [2H]C([2H])(CSOOC)N(Cc1ccc(-c2ccc3ncnc(Nc4ccc(OCc5cccc(F)c5)c(Cl)c4)c3c2)o1)C(=O)OC(C)(C)C. The van der Waals surface area contributed by atoms with Crippen LogP contribution in [0.2, 0.25) is 5.02 Å². The van der Waals surface area contributed by atoms with E-state index < -0.39 is 18.2 Å². The Morgan fingerprint density at radius 2 is 1.96 bits per heavy atom. The molecule has 0 aliphatic rings. The Morgan fingerprint density at radius 1 is 1.11 bits per heavy atom. The molecule has 2 heterocycles. The van der Waals surface area contributed by atoms with Crippen LogP contribution < -0.4 is 10.1 Å². The Labute approximate surface area is 284 Å². The molecule has 5 rings (SSSR count). The molecule has 0 saturated carbocycles. The first kappa shape index (κ1) is 31.3. The molecule has 1 N–H and O–H groups in total. The number of carbonyl (C=O) groups excluding carboxylic acids is 1. The summed E-state index contributed by atoms with van der Waals surface area (Å²) >= 11 is 7.23. The smallest absolute Gasteiger partial charge is 0.410 e. The molecule has 0 aliphatic heterocycles. The molecule has 10 nitrogen and oxygen atoms in total. The molecule has 2 aromatic heterocycles. The van der Waals surface area contributed by atoms with Crippen molar-refractivity contribution in [2.24, 2.45) is 0 Å². The van der Waals surface area contributed by atoms with Crippen molar-refractivity contribution in [1.82, 2.24) is 14.9 Å². The van der Waals surface area contributed by atoms with Gasteiger partial charge in [-0.1, -0.05) is 23.7 Å². The van der Waals surface area contributed by atoms with Crippen LogP contribution in [0.5, 0.6) is 5.75 Å². The van der Waals surface area contributed by atoms with Gasteiger partial charge in [0.15, 0.2) is 0 Å². The number of halogens is 2. The third-order valence-electron chi connectivity index (χ3n) is 6.42. The zero-order valence-electron chi connectivity index (χ0n) is 28.1. The van der Waals surface area contributed by atoms with Crippen molar-refractivity contribution in [2.45, 2.75) is 39.5 Å². The summed E-state index contributed by atoms with van der Waals surface area (Å²) in [7, 11) is 1.30. The first-order valence-corrected chi connectivity index (χ1v) is 15.7. The van der Waals surface area contributed by atoms with Gasteiger partial charge in [-0.05, 0) is 87.0 Å². The zero-order chi connectivity index (χ0) is 35.2. The number of anilines is 2. The third kappa shape index (κ3) is 9.58. The highest BCUT2D eigenvalue weighted by Crippen LogP contribution is 2.33. The van der Waals surface area contributed by atoms with E-state index >= 15 is 0 Å². The van der Waals surface area contributed by atoms with Gasteiger partial charge in [0, 0.05) is 40.9 Å². The van der Waals surface area contributed by atoms with E-state index in [0.717, 1.165) is 16.9 Å². The molecule has 47 heavy (non-hydrogen) atoms. The number of hydrogen-bond donors (Lipinski definition) is 1. The van der Waals surface area contributed by atoms with Gasteiger partial charge in [-0.3, -0.25) is 4.90 Å². The summed E-state index contributed by atoms with van der Waals surface area (Å²) in [6, 6.07) is 20.3. The number of ether oxygens (including phenoxy) is 2. The minimum atomic E-state index is -2.17. The standard InChI is InChI=1S/C34H34ClFN4O6S/c1-34(2,3)45-33(41)40(14-15-47-46-42-4)19-26-10-13-30(44-26)23-8-11-29-27(17-23)32(38-21-37-29)39-25-9-12-31(28(35)18-25)43-20-22-6-5-7-24(36)16-22/h5-13,16-18,21H,14-15,19-20H2,1-4H3,(H,37,38,39)/i14D2. The number of rotatable bonds is 13. The molecule has 246 valence electrons. The summed E-state index contributed by atoms with van der Waals surface area (Å²) in [6.45, 7) is 2.89. The summed E-state index contributed by atoms with van der Waals surface area (Å²) < 4.78 is 52.8. The van der Waals surface area contributed by atoms with E-state index in [1.54, 1.807) is 63.2 Å². The second-order valence-corrected chi connectivity index (χ2v) is 12.2. The summed E-state index contributed by atoms with van der Waals surface area (Å²) in [6.07, 6.45) is 0.598. The van der Waals surface area contributed by atoms with Crippen LogP contribution in [0.25, 0.3) is 22.2 Å². The van der Waals surface area contributed by atoms with Crippen molar-refractivity contribution in [3.05, 3.63) is 101 Å².